The lowest BCUT2D eigenvalue weighted by Gasteiger charge is -2.06. The number of hydrogen-bond donors (Lipinski definition) is 2. The van der Waals surface area contributed by atoms with E-state index in [0.29, 0.717) is 0 Å². The van der Waals surface area contributed by atoms with E-state index in [4.69, 9.17) is 4.74 Å². The first-order valence-electron chi connectivity index (χ1n) is 4.44. The molecule has 0 radical (unpaired) electrons. The minimum absolute atomic E-state index is 0.122. The van der Waals surface area contributed by atoms with Crippen LogP contribution < -0.4 is 5.32 Å². The standard InChI is InChI=1S/C10H9NO4/c12-7-3-1-2-6(4-7)5-8-9(13)11-10(14)15-8/h1-4,8,12H,5H2,(H,11,13,14). The Morgan fingerprint density at radius 2 is 2.20 bits per heavy atom. The molecular weight excluding hydrogens is 198 g/mol. The predicted octanol–water partition coefficient (Wildman–Crippen LogP) is 0.570. The van der Waals surface area contributed by atoms with E-state index in [9.17, 15) is 14.7 Å². The van der Waals surface area contributed by atoms with Crippen molar-refractivity contribution in [2.75, 3.05) is 0 Å². The molecule has 1 aromatic carbocycles. The molecule has 1 unspecified atom stereocenters. The molecule has 0 aromatic heterocycles. The van der Waals surface area contributed by atoms with Gasteiger partial charge < -0.3 is 9.84 Å². The largest absolute Gasteiger partial charge is 0.508 e. The summed E-state index contributed by atoms with van der Waals surface area (Å²) >= 11 is 0. The molecule has 1 fully saturated rings. The molecule has 0 aliphatic carbocycles. The smallest absolute Gasteiger partial charge is 0.414 e. The number of benzene rings is 1. The maximum absolute atomic E-state index is 11.2. The lowest BCUT2D eigenvalue weighted by atomic mass is 10.1. The fraction of sp³-hybridized carbons (Fsp3) is 0.200. The Bertz CT molecular complexity index is 416. The van der Waals surface area contributed by atoms with E-state index >= 15 is 0 Å². The maximum atomic E-state index is 11.2. The van der Waals surface area contributed by atoms with Crippen LogP contribution in [0.2, 0.25) is 0 Å². The highest BCUT2D eigenvalue weighted by atomic mass is 16.6. The molecular formula is C10H9NO4. The number of alkyl carbamates (subject to hydrolysis) is 1. The quantitative estimate of drug-likeness (QED) is 0.743. The number of ether oxygens (including phenoxy) is 1. The number of hydrogen-bond acceptors (Lipinski definition) is 4. The van der Waals surface area contributed by atoms with Gasteiger partial charge in [-0.15, -0.1) is 0 Å². The van der Waals surface area contributed by atoms with Gasteiger partial charge in [-0.25, -0.2) is 4.79 Å². The minimum Gasteiger partial charge on any atom is -0.508 e. The van der Waals surface area contributed by atoms with Gasteiger partial charge in [0.2, 0.25) is 0 Å². The SMILES string of the molecule is O=C1NC(=O)C(Cc2cccc(O)c2)O1. The third-order valence-electron chi connectivity index (χ3n) is 2.10. The van der Waals surface area contributed by atoms with Crippen LogP contribution in [0.15, 0.2) is 24.3 Å². The summed E-state index contributed by atoms with van der Waals surface area (Å²) in [7, 11) is 0. The number of phenolic OH excluding ortho intramolecular Hbond substituents is 1. The first kappa shape index (κ1) is 9.51. The predicted molar refractivity (Wildman–Crippen MR) is 50.2 cm³/mol. The number of carbonyl (C=O) groups excluding carboxylic acids is 2. The normalized spacial score (nSPS) is 19.9. The van der Waals surface area contributed by atoms with E-state index in [0.717, 1.165) is 5.56 Å². The van der Waals surface area contributed by atoms with Crippen molar-refractivity contribution in [1.82, 2.24) is 5.32 Å². The molecule has 1 aliphatic rings. The van der Waals surface area contributed by atoms with Gasteiger partial charge >= 0.3 is 6.09 Å². The summed E-state index contributed by atoms with van der Waals surface area (Å²) in [5.74, 6) is -0.319. The Labute approximate surface area is 85.7 Å². The molecule has 1 saturated heterocycles. The van der Waals surface area contributed by atoms with Crippen LogP contribution in [-0.2, 0) is 16.0 Å². The zero-order valence-electron chi connectivity index (χ0n) is 7.77. The van der Waals surface area contributed by atoms with Crippen LogP contribution in [0, 0.1) is 0 Å². The Kier molecular flexibility index (Phi) is 2.29. The van der Waals surface area contributed by atoms with Crippen molar-refractivity contribution < 1.29 is 19.4 Å². The highest BCUT2D eigenvalue weighted by molar-refractivity contribution is 6.00. The second-order valence-corrected chi connectivity index (χ2v) is 3.26. The molecule has 0 saturated carbocycles. The molecule has 1 aromatic rings. The Hall–Kier alpha value is -2.04. The number of aromatic hydroxyl groups is 1. The highest BCUT2D eigenvalue weighted by Gasteiger charge is 2.31. The second kappa shape index (κ2) is 3.61. The lowest BCUT2D eigenvalue weighted by molar-refractivity contribution is -0.123. The molecule has 78 valence electrons. The number of amides is 2. The highest BCUT2D eigenvalue weighted by Crippen LogP contribution is 2.15. The minimum atomic E-state index is -0.792. The van der Waals surface area contributed by atoms with Gasteiger partial charge in [0.1, 0.15) is 5.75 Å². The average molecular weight is 207 g/mol. The Morgan fingerprint density at radius 3 is 2.80 bits per heavy atom. The average Bonchev–Trinajstić information content (AvgIpc) is 2.45. The molecule has 15 heavy (non-hydrogen) atoms. The molecule has 0 bridgehead atoms. The number of phenols is 1. The molecule has 1 atom stereocenters. The lowest BCUT2D eigenvalue weighted by Crippen LogP contribution is -2.25. The summed E-state index contributed by atoms with van der Waals surface area (Å²) in [6.45, 7) is 0. The molecule has 1 aliphatic heterocycles. The van der Waals surface area contributed by atoms with Gasteiger partial charge in [-0.1, -0.05) is 12.1 Å². The van der Waals surface area contributed by atoms with Crippen LogP contribution in [0.1, 0.15) is 5.56 Å². The summed E-state index contributed by atoms with van der Waals surface area (Å²) in [4.78, 5) is 21.9. The zero-order chi connectivity index (χ0) is 10.8. The molecule has 1 heterocycles. The van der Waals surface area contributed by atoms with Crippen molar-refractivity contribution >= 4 is 12.0 Å². The van der Waals surface area contributed by atoms with E-state index in [2.05, 4.69) is 0 Å². The van der Waals surface area contributed by atoms with Gasteiger partial charge in [-0.3, -0.25) is 10.1 Å². The van der Waals surface area contributed by atoms with E-state index in [1.54, 1.807) is 12.1 Å². The van der Waals surface area contributed by atoms with Crippen LogP contribution in [0.3, 0.4) is 0 Å². The fourth-order valence-corrected chi connectivity index (χ4v) is 1.43. The molecule has 0 spiro atoms. The van der Waals surface area contributed by atoms with Gasteiger partial charge in [0, 0.05) is 6.42 Å². The van der Waals surface area contributed by atoms with Crippen LogP contribution in [0.5, 0.6) is 5.75 Å². The number of cyclic esters (lactones) is 1. The van der Waals surface area contributed by atoms with Gasteiger partial charge in [-0.2, -0.15) is 0 Å². The Morgan fingerprint density at radius 1 is 1.40 bits per heavy atom. The topological polar surface area (TPSA) is 75.6 Å². The van der Waals surface area contributed by atoms with Gasteiger partial charge in [0.05, 0.1) is 0 Å². The number of rotatable bonds is 2. The van der Waals surface area contributed by atoms with Crippen LogP contribution in [-0.4, -0.2) is 23.2 Å². The fourth-order valence-electron chi connectivity index (χ4n) is 1.43. The number of nitrogens with one attached hydrogen (secondary N) is 1. The second-order valence-electron chi connectivity index (χ2n) is 3.26. The van der Waals surface area contributed by atoms with Gasteiger partial charge in [0.25, 0.3) is 5.91 Å². The van der Waals surface area contributed by atoms with Crippen molar-refractivity contribution in [2.24, 2.45) is 0 Å². The van der Waals surface area contributed by atoms with E-state index in [1.165, 1.54) is 12.1 Å². The third-order valence-corrected chi connectivity index (χ3v) is 2.10. The maximum Gasteiger partial charge on any atom is 0.414 e. The first-order chi connectivity index (χ1) is 7.15. The van der Waals surface area contributed by atoms with Gasteiger partial charge in [0.15, 0.2) is 6.10 Å². The van der Waals surface area contributed by atoms with Crippen molar-refractivity contribution in [3.63, 3.8) is 0 Å². The van der Waals surface area contributed by atoms with Crippen molar-refractivity contribution in [3.05, 3.63) is 29.8 Å². The van der Waals surface area contributed by atoms with Crippen molar-refractivity contribution in [3.8, 4) is 5.75 Å². The van der Waals surface area contributed by atoms with Gasteiger partial charge in [-0.05, 0) is 17.7 Å². The first-order valence-corrected chi connectivity index (χ1v) is 4.44. The van der Waals surface area contributed by atoms with E-state index < -0.39 is 18.1 Å². The van der Waals surface area contributed by atoms with Crippen molar-refractivity contribution in [2.45, 2.75) is 12.5 Å². The summed E-state index contributed by atoms with van der Waals surface area (Å²) in [5, 5.41) is 11.2. The summed E-state index contributed by atoms with van der Waals surface area (Å²) < 4.78 is 4.74. The van der Waals surface area contributed by atoms with Crippen molar-refractivity contribution in [1.29, 1.82) is 0 Å². The number of carbonyl (C=O) groups is 2. The van der Waals surface area contributed by atoms with Crippen LogP contribution in [0.25, 0.3) is 0 Å². The van der Waals surface area contributed by atoms with E-state index in [1.807, 2.05) is 5.32 Å². The van der Waals surface area contributed by atoms with Crippen LogP contribution in [0.4, 0.5) is 4.79 Å². The number of imide groups is 1. The Balaban J connectivity index is 2.09. The summed E-state index contributed by atoms with van der Waals surface area (Å²) in [6, 6.07) is 6.47. The monoisotopic (exact) mass is 207 g/mol. The molecule has 5 heteroatoms. The molecule has 2 N–H and O–H groups in total. The zero-order valence-corrected chi connectivity index (χ0v) is 7.77. The summed E-state index contributed by atoms with van der Waals surface area (Å²) in [6.07, 6.45) is -1.24. The molecule has 5 nitrogen and oxygen atoms in total. The summed E-state index contributed by atoms with van der Waals surface area (Å²) in [5.41, 5.74) is 0.741. The molecule has 2 amide bonds. The van der Waals surface area contributed by atoms with Crippen LogP contribution >= 0.6 is 0 Å². The molecule has 2 rings (SSSR count). The van der Waals surface area contributed by atoms with E-state index in [-0.39, 0.29) is 12.2 Å². The third kappa shape index (κ3) is 2.07.